The fourth-order valence-electron chi connectivity index (χ4n) is 2.82. The van der Waals surface area contributed by atoms with Gasteiger partial charge in [-0.3, -0.25) is 9.59 Å². The molecule has 1 aliphatic rings. The van der Waals surface area contributed by atoms with Crippen LogP contribution in [0.15, 0.2) is 42.5 Å². The number of anilines is 1. The summed E-state index contributed by atoms with van der Waals surface area (Å²) >= 11 is 17.3. The van der Waals surface area contributed by atoms with Crippen LogP contribution in [-0.4, -0.2) is 48.1 Å². The highest BCUT2D eigenvalue weighted by atomic mass is 35.5. The van der Waals surface area contributed by atoms with Gasteiger partial charge < -0.3 is 20.3 Å². The quantitative estimate of drug-likeness (QED) is 0.695. The van der Waals surface area contributed by atoms with E-state index >= 15 is 0 Å². The molecule has 1 saturated heterocycles. The fourth-order valence-corrected chi connectivity index (χ4v) is 3.33. The first-order chi connectivity index (χ1) is 13.9. The third-order valence-corrected chi connectivity index (χ3v) is 5.08. The van der Waals surface area contributed by atoms with Crippen LogP contribution in [0.5, 0.6) is 0 Å². The van der Waals surface area contributed by atoms with Crippen molar-refractivity contribution in [2.24, 2.45) is 0 Å². The molecule has 0 unspecified atom stereocenters. The number of hydrogen-bond acceptors (Lipinski definition) is 4. The lowest BCUT2D eigenvalue weighted by Gasteiger charge is -2.27. The van der Waals surface area contributed by atoms with E-state index in [1.54, 1.807) is 47.4 Å². The van der Waals surface area contributed by atoms with Gasteiger partial charge in [-0.05, 0) is 48.1 Å². The lowest BCUT2D eigenvalue weighted by Crippen LogP contribution is -2.40. The second kappa shape index (κ2) is 10.0. The van der Waals surface area contributed by atoms with E-state index in [2.05, 4.69) is 10.6 Å². The van der Waals surface area contributed by atoms with Gasteiger partial charge in [-0.25, -0.2) is 0 Å². The lowest BCUT2D eigenvalue weighted by atomic mass is 10.1. The van der Waals surface area contributed by atoms with Crippen molar-refractivity contribution in [3.63, 3.8) is 0 Å². The normalized spacial score (nSPS) is 13.7. The van der Waals surface area contributed by atoms with Gasteiger partial charge in [-0.1, -0.05) is 35.3 Å². The number of halogens is 2. The molecule has 1 aliphatic heterocycles. The van der Waals surface area contributed by atoms with Gasteiger partial charge in [0, 0.05) is 23.7 Å². The zero-order valence-electron chi connectivity index (χ0n) is 15.4. The molecule has 1 fully saturated rings. The monoisotopic (exact) mass is 451 g/mol. The molecule has 2 aromatic rings. The van der Waals surface area contributed by atoms with Gasteiger partial charge in [0.05, 0.1) is 30.3 Å². The fraction of sp³-hybridized carbons (Fsp3) is 0.250. The third-order valence-electron chi connectivity index (χ3n) is 4.29. The zero-order chi connectivity index (χ0) is 20.8. The van der Waals surface area contributed by atoms with Crippen molar-refractivity contribution in [2.75, 3.05) is 31.6 Å². The minimum atomic E-state index is -0.276. The molecule has 2 N–H and O–H groups in total. The highest BCUT2D eigenvalue weighted by Crippen LogP contribution is 2.24. The molecule has 9 heteroatoms. The molecule has 0 bridgehead atoms. The molecule has 0 atom stereocenters. The van der Waals surface area contributed by atoms with Crippen molar-refractivity contribution < 1.29 is 14.3 Å². The summed E-state index contributed by atoms with van der Waals surface area (Å²) in [6, 6.07) is 11.9. The molecule has 3 rings (SSSR count). The number of morpholine rings is 1. The number of rotatable bonds is 4. The van der Waals surface area contributed by atoms with Gasteiger partial charge in [-0.2, -0.15) is 0 Å². The standard InChI is InChI=1S/C20H19Cl2N3O3S/c21-15-4-1-13(2-5-15)11-18(26)24-20(29)23-17-12-14(3-6-16(17)22)19(27)25-7-9-28-10-8-25/h1-6,12H,7-11H2,(H2,23,24,26,29). The first-order valence-electron chi connectivity index (χ1n) is 8.94. The van der Waals surface area contributed by atoms with Crippen LogP contribution in [-0.2, 0) is 16.0 Å². The van der Waals surface area contributed by atoms with Crippen LogP contribution in [0.4, 0.5) is 5.69 Å². The molecule has 6 nitrogen and oxygen atoms in total. The average Bonchev–Trinajstić information content (AvgIpc) is 2.71. The van der Waals surface area contributed by atoms with Crippen molar-refractivity contribution >= 4 is 58.0 Å². The smallest absolute Gasteiger partial charge is 0.254 e. The second-order valence-corrected chi connectivity index (χ2v) is 7.66. The summed E-state index contributed by atoms with van der Waals surface area (Å²) < 4.78 is 5.28. The lowest BCUT2D eigenvalue weighted by molar-refractivity contribution is -0.119. The predicted molar refractivity (Wildman–Crippen MR) is 118 cm³/mol. The van der Waals surface area contributed by atoms with E-state index < -0.39 is 0 Å². The van der Waals surface area contributed by atoms with E-state index in [0.29, 0.717) is 47.6 Å². The van der Waals surface area contributed by atoms with Crippen LogP contribution in [0.25, 0.3) is 0 Å². The summed E-state index contributed by atoms with van der Waals surface area (Å²) in [6.45, 7) is 2.13. The van der Waals surface area contributed by atoms with Crippen molar-refractivity contribution in [3.8, 4) is 0 Å². The number of nitrogens with one attached hydrogen (secondary N) is 2. The minimum absolute atomic E-state index is 0.0989. The first kappa shape index (κ1) is 21.5. The van der Waals surface area contributed by atoms with Gasteiger partial charge in [-0.15, -0.1) is 0 Å². The van der Waals surface area contributed by atoms with Gasteiger partial charge in [0.2, 0.25) is 5.91 Å². The number of carbonyl (C=O) groups excluding carboxylic acids is 2. The Bertz CT molecular complexity index is 916. The molecule has 152 valence electrons. The minimum Gasteiger partial charge on any atom is -0.378 e. The number of nitrogens with zero attached hydrogens (tertiary/aromatic N) is 1. The molecule has 1 heterocycles. The van der Waals surface area contributed by atoms with E-state index in [0.717, 1.165) is 5.56 Å². The topological polar surface area (TPSA) is 70.7 Å². The molecular formula is C20H19Cl2N3O3S. The van der Waals surface area contributed by atoms with Crippen LogP contribution < -0.4 is 10.6 Å². The summed E-state index contributed by atoms with van der Waals surface area (Å²) in [6.07, 6.45) is 0.155. The van der Waals surface area contributed by atoms with Gasteiger partial charge in [0.25, 0.3) is 5.91 Å². The highest BCUT2D eigenvalue weighted by molar-refractivity contribution is 7.80. The Morgan fingerprint density at radius 3 is 2.45 bits per heavy atom. The molecule has 2 aromatic carbocycles. The maximum Gasteiger partial charge on any atom is 0.254 e. The van der Waals surface area contributed by atoms with Crippen molar-refractivity contribution in [2.45, 2.75) is 6.42 Å². The molecule has 0 aliphatic carbocycles. The van der Waals surface area contributed by atoms with Gasteiger partial charge in [0.1, 0.15) is 0 Å². The van der Waals surface area contributed by atoms with Crippen LogP contribution in [0.1, 0.15) is 15.9 Å². The Hall–Kier alpha value is -2.19. The van der Waals surface area contributed by atoms with Crippen molar-refractivity contribution in [1.29, 1.82) is 0 Å². The maximum atomic E-state index is 12.6. The van der Waals surface area contributed by atoms with E-state index in [1.165, 1.54) is 0 Å². The Morgan fingerprint density at radius 2 is 1.76 bits per heavy atom. The maximum absolute atomic E-state index is 12.6. The first-order valence-corrected chi connectivity index (χ1v) is 10.1. The number of thiocarbonyl (C=S) groups is 1. The van der Waals surface area contributed by atoms with E-state index in [4.69, 9.17) is 40.2 Å². The van der Waals surface area contributed by atoms with E-state index in [9.17, 15) is 9.59 Å². The summed E-state index contributed by atoms with van der Waals surface area (Å²) in [7, 11) is 0. The van der Waals surface area contributed by atoms with Crippen LogP contribution in [0.2, 0.25) is 10.0 Å². The number of ether oxygens (including phenoxy) is 1. The number of amides is 2. The molecule has 0 radical (unpaired) electrons. The molecule has 0 aromatic heterocycles. The molecule has 2 amide bonds. The molecule has 29 heavy (non-hydrogen) atoms. The van der Waals surface area contributed by atoms with Crippen molar-refractivity contribution in [3.05, 3.63) is 63.6 Å². The Morgan fingerprint density at radius 1 is 1.07 bits per heavy atom. The number of hydrogen-bond donors (Lipinski definition) is 2. The molecular weight excluding hydrogens is 433 g/mol. The van der Waals surface area contributed by atoms with Crippen LogP contribution in [0, 0.1) is 0 Å². The number of benzene rings is 2. The van der Waals surface area contributed by atoms with Gasteiger partial charge >= 0.3 is 0 Å². The number of carbonyl (C=O) groups is 2. The predicted octanol–water partition coefficient (Wildman–Crippen LogP) is 3.52. The molecule has 0 saturated carbocycles. The summed E-state index contributed by atoms with van der Waals surface area (Å²) in [4.78, 5) is 26.6. The summed E-state index contributed by atoms with van der Waals surface area (Å²) in [5.74, 6) is -0.382. The van der Waals surface area contributed by atoms with E-state index in [1.807, 2.05) is 0 Å². The Balaban J connectivity index is 1.61. The SMILES string of the molecule is O=C(Cc1ccc(Cl)cc1)NC(=S)Nc1cc(C(=O)N2CCOCC2)ccc1Cl. The summed E-state index contributed by atoms with van der Waals surface area (Å²) in [5, 5.41) is 6.58. The Kier molecular flexibility index (Phi) is 7.44. The van der Waals surface area contributed by atoms with Crippen molar-refractivity contribution in [1.82, 2.24) is 10.2 Å². The largest absolute Gasteiger partial charge is 0.378 e. The second-order valence-electron chi connectivity index (χ2n) is 6.40. The van der Waals surface area contributed by atoms with E-state index in [-0.39, 0.29) is 23.3 Å². The molecule has 0 spiro atoms. The average molecular weight is 452 g/mol. The third kappa shape index (κ3) is 6.14. The zero-order valence-corrected chi connectivity index (χ0v) is 17.7. The van der Waals surface area contributed by atoms with Gasteiger partial charge in [0.15, 0.2) is 5.11 Å². The van der Waals surface area contributed by atoms with Crippen LogP contribution >= 0.6 is 35.4 Å². The highest BCUT2D eigenvalue weighted by Gasteiger charge is 2.19. The Labute approximate surface area is 184 Å². The van der Waals surface area contributed by atoms with Crippen LogP contribution in [0.3, 0.4) is 0 Å². The summed E-state index contributed by atoms with van der Waals surface area (Å²) in [5.41, 5.74) is 1.74.